The minimum atomic E-state index is -0.390. The molecule has 1 aromatic heterocycles. The van der Waals surface area contributed by atoms with Crippen LogP contribution in [0.25, 0.3) is 0 Å². The summed E-state index contributed by atoms with van der Waals surface area (Å²) in [5.74, 6) is 1.08. The maximum absolute atomic E-state index is 10.7. The van der Waals surface area contributed by atoms with Gasteiger partial charge in [0.05, 0.1) is 0 Å². The van der Waals surface area contributed by atoms with E-state index in [2.05, 4.69) is 15.5 Å². The maximum atomic E-state index is 10.7. The van der Waals surface area contributed by atoms with Gasteiger partial charge < -0.3 is 9.84 Å². The number of rotatable bonds is 2. The zero-order chi connectivity index (χ0) is 9.10. The van der Waals surface area contributed by atoms with Crippen LogP contribution in [0.15, 0.2) is 9.32 Å². The maximum Gasteiger partial charge on any atom is 0.377 e. The number of H-pyrrole nitrogens is 1. The fraction of sp³-hybridized carbons (Fsp3) is 0.750. The molecule has 1 unspecified atom stereocenters. The molecule has 0 spiro atoms. The monoisotopic (exact) mass is 183 g/mol. The Morgan fingerprint density at radius 1 is 1.62 bits per heavy atom. The Labute approximate surface area is 75.5 Å². The summed E-state index contributed by atoms with van der Waals surface area (Å²) in [7, 11) is 0. The van der Waals surface area contributed by atoms with Gasteiger partial charge >= 0.3 is 5.69 Å². The van der Waals surface area contributed by atoms with E-state index in [4.69, 9.17) is 4.52 Å². The van der Waals surface area contributed by atoms with E-state index < -0.39 is 5.69 Å². The second kappa shape index (κ2) is 3.74. The van der Waals surface area contributed by atoms with Crippen molar-refractivity contribution in [2.45, 2.75) is 19.3 Å². The van der Waals surface area contributed by atoms with Crippen LogP contribution in [0, 0.1) is 5.92 Å². The van der Waals surface area contributed by atoms with Crippen LogP contribution in [-0.2, 0) is 6.42 Å². The standard InChI is InChI=1S/C8H13N3O2/c12-8-10-7(13-11-8)4-6-2-1-3-9-5-6/h6,9H,1-5H2,(H,11,12). The smallest absolute Gasteiger partial charge is 0.362 e. The van der Waals surface area contributed by atoms with E-state index >= 15 is 0 Å². The van der Waals surface area contributed by atoms with Gasteiger partial charge in [-0.1, -0.05) is 0 Å². The lowest BCUT2D eigenvalue weighted by Crippen LogP contribution is -2.30. The summed E-state index contributed by atoms with van der Waals surface area (Å²) >= 11 is 0. The first-order chi connectivity index (χ1) is 6.34. The highest BCUT2D eigenvalue weighted by molar-refractivity contribution is 4.82. The minimum Gasteiger partial charge on any atom is -0.362 e. The molecule has 0 radical (unpaired) electrons. The largest absolute Gasteiger partial charge is 0.377 e. The molecular formula is C8H13N3O2. The SMILES string of the molecule is O=c1nc(CC2CCCNC2)o[nH]1. The Morgan fingerprint density at radius 3 is 3.15 bits per heavy atom. The van der Waals surface area contributed by atoms with Gasteiger partial charge in [0.2, 0.25) is 5.89 Å². The van der Waals surface area contributed by atoms with Crippen LogP contribution in [0.4, 0.5) is 0 Å². The Bertz CT molecular complexity index is 311. The summed E-state index contributed by atoms with van der Waals surface area (Å²) in [5.41, 5.74) is -0.390. The number of hydrogen-bond donors (Lipinski definition) is 2. The number of hydrogen-bond acceptors (Lipinski definition) is 4. The molecule has 0 bridgehead atoms. The van der Waals surface area contributed by atoms with Crippen molar-refractivity contribution in [3.05, 3.63) is 16.4 Å². The molecule has 0 amide bonds. The molecule has 0 saturated carbocycles. The summed E-state index contributed by atoms with van der Waals surface area (Å²) < 4.78 is 4.89. The third kappa shape index (κ3) is 2.18. The van der Waals surface area contributed by atoms with Crippen LogP contribution in [0.2, 0.25) is 0 Å². The van der Waals surface area contributed by atoms with Gasteiger partial charge in [0.1, 0.15) is 0 Å². The van der Waals surface area contributed by atoms with E-state index in [1.54, 1.807) is 0 Å². The molecule has 2 N–H and O–H groups in total. The Hall–Kier alpha value is -1.10. The molecular weight excluding hydrogens is 170 g/mol. The number of nitrogens with zero attached hydrogens (tertiary/aromatic N) is 1. The first kappa shape index (κ1) is 8.50. The molecule has 5 nitrogen and oxygen atoms in total. The molecule has 1 aromatic rings. The molecule has 0 aromatic carbocycles. The predicted octanol–water partition coefficient (Wildman–Crippen LogP) is -0.0950. The van der Waals surface area contributed by atoms with Crippen LogP contribution in [0.1, 0.15) is 18.7 Å². The summed E-state index contributed by atoms with van der Waals surface area (Å²) in [6.07, 6.45) is 3.13. The lowest BCUT2D eigenvalue weighted by Gasteiger charge is -2.20. The van der Waals surface area contributed by atoms with Crippen LogP contribution >= 0.6 is 0 Å². The number of nitrogens with one attached hydrogen (secondary N) is 2. The zero-order valence-electron chi connectivity index (χ0n) is 7.38. The van der Waals surface area contributed by atoms with Gasteiger partial charge in [0.25, 0.3) is 0 Å². The molecule has 72 valence electrons. The van der Waals surface area contributed by atoms with Gasteiger partial charge in [-0.15, -0.1) is 0 Å². The molecule has 0 aliphatic carbocycles. The molecule has 13 heavy (non-hydrogen) atoms. The van der Waals surface area contributed by atoms with Crippen molar-refractivity contribution in [1.29, 1.82) is 0 Å². The van der Waals surface area contributed by atoms with Gasteiger partial charge in [-0.2, -0.15) is 10.1 Å². The van der Waals surface area contributed by atoms with E-state index in [0.29, 0.717) is 11.8 Å². The summed E-state index contributed by atoms with van der Waals surface area (Å²) in [6, 6.07) is 0. The quantitative estimate of drug-likeness (QED) is 0.672. The summed E-state index contributed by atoms with van der Waals surface area (Å²) in [6.45, 7) is 2.09. The first-order valence-electron chi connectivity index (χ1n) is 4.59. The molecule has 2 heterocycles. The average molecular weight is 183 g/mol. The molecule has 1 aliphatic rings. The van der Waals surface area contributed by atoms with Crippen molar-refractivity contribution in [3.63, 3.8) is 0 Å². The predicted molar refractivity (Wildman–Crippen MR) is 46.4 cm³/mol. The highest BCUT2D eigenvalue weighted by atomic mass is 16.5. The van der Waals surface area contributed by atoms with Crippen LogP contribution in [-0.4, -0.2) is 23.2 Å². The molecule has 2 rings (SSSR count). The van der Waals surface area contributed by atoms with E-state index in [1.807, 2.05) is 0 Å². The second-order valence-corrected chi connectivity index (χ2v) is 3.43. The molecule has 1 fully saturated rings. The number of piperidine rings is 1. The lowest BCUT2D eigenvalue weighted by molar-refractivity contribution is 0.314. The van der Waals surface area contributed by atoms with E-state index in [9.17, 15) is 4.79 Å². The topological polar surface area (TPSA) is 70.9 Å². The fourth-order valence-corrected chi connectivity index (χ4v) is 1.69. The van der Waals surface area contributed by atoms with Crippen LogP contribution < -0.4 is 11.0 Å². The second-order valence-electron chi connectivity index (χ2n) is 3.43. The molecule has 1 aliphatic heterocycles. The third-order valence-corrected chi connectivity index (χ3v) is 2.34. The van der Waals surface area contributed by atoms with Gasteiger partial charge in [0, 0.05) is 6.42 Å². The Morgan fingerprint density at radius 2 is 2.54 bits per heavy atom. The van der Waals surface area contributed by atoms with Crippen LogP contribution in [0.5, 0.6) is 0 Å². The van der Waals surface area contributed by atoms with Crippen molar-refractivity contribution in [2.24, 2.45) is 5.92 Å². The highest BCUT2D eigenvalue weighted by Gasteiger charge is 2.16. The van der Waals surface area contributed by atoms with E-state index in [1.165, 1.54) is 12.8 Å². The molecule has 5 heteroatoms. The summed E-state index contributed by atoms with van der Waals surface area (Å²) in [5, 5.41) is 5.50. The minimum absolute atomic E-state index is 0.390. The van der Waals surface area contributed by atoms with Crippen molar-refractivity contribution in [3.8, 4) is 0 Å². The Balaban J connectivity index is 1.93. The number of aromatic amines is 1. The van der Waals surface area contributed by atoms with Crippen molar-refractivity contribution in [1.82, 2.24) is 15.5 Å². The zero-order valence-corrected chi connectivity index (χ0v) is 7.38. The van der Waals surface area contributed by atoms with Crippen molar-refractivity contribution >= 4 is 0 Å². The van der Waals surface area contributed by atoms with E-state index in [0.717, 1.165) is 19.5 Å². The van der Waals surface area contributed by atoms with Gasteiger partial charge in [-0.3, -0.25) is 0 Å². The Kier molecular flexibility index (Phi) is 2.44. The van der Waals surface area contributed by atoms with Gasteiger partial charge in [-0.25, -0.2) is 4.79 Å². The van der Waals surface area contributed by atoms with Gasteiger partial charge in [-0.05, 0) is 31.8 Å². The highest BCUT2D eigenvalue weighted by Crippen LogP contribution is 2.13. The van der Waals surface area contributed by atoms with Crippen molar-refractivity contribution < 1.29 is 4.52 Å². The summed E-state index contributed by atoms with van der Waals surface area (Å²) in [4.78, 5) is 14.4. The molecule has 1 saturated heterocycles. The lowest BCUT2D eigenvalue weighted by atomic mass is 9.96. The van der Waals surface area contributed by atoms with E-state index in [-0.39, 0.29) is 0 Å². The fourth-order valence-electron chi connectivity index (χ4n) is 1.69. The third-order valence-electron chi connectivity index (χ3n) is 2.34. The number of aromatic nitrogens is 2. The van der Waals surface area contributed by atoms with Crippen LogP contribution in [0.3, 0.4) is 0 Å². The van der Waals surface area contributed by atoms with Gasteiger partial charge in [0.15, 0.2) is 0 Å². The first-order valence-corrected chi connectivity index (χ1v) is 4.59. The average Bonchev–Trinajstić information content (AvgIpc) is 2.53. The molecule has 1 atom stereocenters. The van der Waals surface area contributed by atoms with Crippen molar-refractivity contribution in [2.75, 3.05) is 13.1 Å². The normalized spacial score (nSPS) is 23.2.